The highest BCUT2D eigenvalue weighted by Crippen LogP contribution is 2.51. The number of unbranched alkanes of at least 4 members (excludes halogenated alkanes) is 2. The lowest BCUT2D eigenvalue weighted by molar-refractivity contribution is 0.177. The van der Waals surface area contributed by atoms with Crippen molar-refractivity contribution < 1.29 is 9.47 Å². The second kappa shape index (κ2) is 11.4. The van der Waals surface area contributed by atoms with Gasteiger partial charge in [-0.25, -0.2) is 0 Å². The summed E-state index contributed by atoms with van der Waals surface area (Å²) in [7, 11) is 1.79. The van der Waals surface area contributed by atoms with Gasteiger partial charge in [-0.05, 0) is 67.4 Å². The van der Waals surface area contributed by atoms with Crippen LogP contribution in [-0.2, 0) is 5.41 Å². The molecule has 0 heterocycles. The van der Waals surface area contributed by atoms with Crippen molar-refractivity contribution in [2.75, 3.05) is 7.11 Å². The average Bonchev–Trinajstić information content (AvgIpc) is 3.57. The highest BCUT2D eigenvalue weighted by Gasteiger charge is 2.41. The van der Waals surface area contributed by atoms with Crippen LogP contribution in [0.15, 0.2) is 18.2 Å². The van der Waals surface area contributed by atoms with Crippen LogP contribution >= 0.6 is 0 Å². The Hall–Kier alpha value is -1.44. The Balaban J connectivity index is 2.43. The second-order valence-corrected chi connectivity index (χ2v) is 10.8. The van der Waals surface area contributed by atoms with Crippen molar-refractivity contribution in [3.05, 3.63) is 29.3 Å². The number of ether oxygens (including phenoxy) is 2. The molecule has 0 saturated heterocycles. The Bertz CT molecular complexity index is 710. The number of methoxy groups -OCH3 is 1. The maximum atomic E-state index is 6.74. The van der Waals surface area contributed by atoms with Gasteiger partial charge in [-0.15, -0.1) is 0 Å². The molecule has 0 radical (unpaired) electrons. The summed E-state index contributed by atoms with van der Waals surface area (Å²) in [5.74, 6) is 2.76. The van der Waals surface area contributed by atoms with Crippen LogP contribution in [0.1, 0.15) is 117 Å². The lowest BCUT2D eigenvalue weighted by Crippen LogP contribution is -2.24. The van der Waals surface area contributed by atoms with Gasteiger partial charge >= 0.3 is 0 Å². The zero-order chi connectivity index (χ0) is 23.1. The third-order valence-electron chi connectivity index (χ3n) is 7.11. The van der Waals surface area contributed by atoms with Gasteiger partial charge in [0.25, 0.3) is 0 Å². The molecule has 2 nitrogen and oxygen atoms in total. The Labute approximate surface area is 192 Å². The van der Waals surface area contributed by atoms with Crippen molar-refractivity contribution in [2.45, 2.75) is 118 Å². The van der Waals surface area contributed by atoms with Gasteiger partial charge < -0.3 is 9.47 Å². The van der Waals surface area contributed by atoms with Gasteiger partial charge in [-0.3, -0.25) is 0 Å². The van der Waals surface area contributed by atoms with Crippen molar-refractivity contribution in [2.24, 2.45) is 11.3 Å². The Morgan fingerprint density at radius 2 is 1.71 bits per heavy atom. The summed E-state index contributed by atoms with van der Waals surface area (Å²) >= 11 is 0. The normalized spacial score (nSPS) is 16.0. The fourth-order valence-corrected chi connectivity index (χ4v) is 4.70. The summed E-state index contributed by atoms with van der Waals surface area (Å²) in [5.41, 5.74) is 2.72. The molecule has 0 spiro atoms. The third-order valence-corrected chi connectivity index (χ3v) is 7.11. The molecule has 1 aliphatic carbocycles. The van der Waals surface area contributed by atoms with E-state index in [9.17, 15) is 0 Å². The minimum atomic E-state index is 0.105. The number of hydrogen-bond donors (Lipinski definition) is 0. The first kappa shape index (κ1) is 25.8. The lowest BCUT2D eigenvalue weighted by atomic mass is 9.78. The molecule has 0 amide bonds. The van der Waals surface area contributed by atoms with Gasteiger partial charge in [-0.2, -0.15) is 0 Å². The first-order valence-electron chi connectivity index (χ1n) is 12.8. The smallest absolute Gasteiger partial charge is 0.126 e. The van der Waals surface area contributed by atoms with E-state index in [-0.39, 0.29) is 16.9 Å². The summed E-state index contributed by atoms with van der Waals surface area (Å²) in [6.07, 6.45) is 15.8. The molecule has 0 aliphatic heterocycles. The highest BCUT2D eigenvalue weighted by molar-refractivity contribution is 5.63. The van der Waals surface area contributed by atoms with Crippen LogP contribution in [0.2, 0.25) is 0 Å². The molecule has 176 valence electrons. The van der Waals surface area contributed by atoms with E-state index in [0.717, 1.165) is 35.8 Å². The Morgan fingerprint density at radius 3 is 2.26 bits per heavy atom. The molecule has 1 aliphatic rings. The highest BCUT2D eigenvalue weighted by atomic mass is 16.5. The van der Waals surface area contributed by atoms with Gasteiger partial charge in [0, 0.05) is 11.1 Å². The van der Waals surface area contributed by atoms with E-state index in [1.807, 2.05) is 0 Å². The van der Waals surface area contributed by atoms with Crippen LogP contribution in [0.3, 0.4) is 0 Å². The molecule has 1 unspecified atom stereocenters. The van der Waals surface area contributed by atoms with E-state index in [1.54, 1.807) is 7.11 Å². The monoisotopic (exact) mass is 428 g/mol. The van der Waals surface area contributed by atoms with E-state index >= 15 is 0 Å². The molecular formula is C29H48O2. The molecule has 2 heteroatoms. The molecule has 1 fully saturated rings. The summed E-state index contributed by atoms with van der Waals surface area (Å²) in [6.45, 7) is 16.1. The van der Waals surface area contributed by atoms with Gasteiger partial charge in [0.15, 0.2) is 0 Å². The fourth-order valence-electron chi connectivity index (χ4n) is 4.70. The van der Waals surface area contributed by atoms with Crippen molar-refractivity contribution in [1.82, 2.24) is 0 Å². The summed E-state index contributed by atoms with van der Waals surface area (Å²) in [6, 6.07) is 4.51. The predicted molar refractivity (Wildman–Crippen MR) is 135 cm³/mol. The van der Waals surface area contributed by atoms with Crippen LogP contribution in [0, 0.1) is 11.3 Å². The molecule has 0 N–H and O–H groups in total. The first-order chi connectivity index (χ1) is 14.7. The SMILES string of the molecule is CCCCCC(CC)Oc1cc(/C=C/C(C)(C)CCC)c(OC)cc1C(C)(C)C1CC1. The van der Waals surface area contributed by atoms with Gasteiger partial charge in [0.1, 0.15) is 11.5 Å². The van der Waals surface area contributed by atoms with Crippen LogP contribution in [0.4, 0.5) is 0 Å². The number of benzene rings is 1. The average molecular weight is 429 g/mol. The number of allylic oxidation sites excluding steroid dienone is 1. The molecule has 2 rings (SSSR count). The van der Waals surface area contributed by atoms with Crippen LogP contribution < -0.4 is 9.47 Å². The van der Waals surface area contributed by atoms with E-state index in [4.69, 9.17) is 9.47 Å². The topological polar surface area (TPSA) is 18.5 Å². The molecule has 1 aromatic rings. The largest absolute Gasteiger partial charge is 0.496 e. The maximum Gasteiger partial charge on any atom is 0.126 e. The second-order valence-electron chi connectivity index (χ2n) is 10.8. The van der Waals surface area contributed by atoms with Gasteiger partial charge in [0.2, 0.25) is 0 Å². The van der Waals surface area contributed by atoms with E-state index < -0.39 is 0 Å². The van der Waals surface area contributed by atoms with Crippen LogP contribution in [0.25, 0.3) is 6.08 Å². The van der Waals surface area contributed by atoms with Crippen molar-refractivity contribution in [3.8, 4) is 11.5 Å². The minimum absolute atomic E-state index is 0.105. The van der Waals surface area contributed by atoms with Gasteiger partial charge in [-0.1, -0.05) is 79.9 Å². The van der Waals surface area contributed by atoms with Gasteiger partial charge in [0.05, 0.1) is 13.2 Å². The van der Waals surface area contributed by atoms with E-state index in [2.05, 4.69) is 72.8 Å². The van der Waals surface area contributed by atoms with Crippen LogP contribution in [-0.4, -0.2) is 13.2 Å². The molecule has 0 bridgehead atoms. The first-order valence-corrected chi connectivity index (χ1v) is 12.8. The zero-order valence-corrected chi connectivity index (χ0v) is 21.6. The van der Waals surface area contributed by atoms with E-state index in [1.165, 1.54) is 50.5 Å². The molecule has 31 heavy (non-hydrogen) atoms. The van der Waals surface area contributed by atoms with Crippen molar-refractivity contribution >= 4 is 6.08 Å². The molecule has 1 saturated carbocycles. The molecule has 0 aromatic heterocycles. The van der Waals surface area contributed by atoms with Crippen LogP contribution in [0.5, 0.6) is 11.5 Å². The summed E-state index contributed by atoms with van der Waals surface area (Å²) in [4.78, 5) is 0. The lowest BCUT2D eigenvalue weighted by Gasteiger charge is -2.30. The Morgan fingerprint density at radius 1 is 1.00 bits per heavy atom. The maximum absolute atomic E-state index is 6.74. The zero-order valence-electron chi connectivity index (χ0n) is 21.6. The quantitative estimate of drug-likeness (QED) is 0.275. The minimum Gasteiger partial charge on any atom is -0.496 e. The third kappa shape index (κ3) is 7.29. The molecular weight excluding hydrogens is 380 g/mol. The summed E-state index contributed by atoms with van der Waals surface area (Å²) < 4.78 is 12.6. The summed E-state index contributed by atoms with van der Waals surface area (Å²) in [5, 5.41) is 0. The molecule has 1 aromatic carbocycles. The van der Waals surface area contributed by atoms with Crippen molar-refractivity contribution in [3.63, 3.8) is 0 Å². The van der Waals surface area contributed by atoms with E-state index in [0.29, 0.717) is 0 Å². The standard InChI is InChI=1S/C29H48O2/c1-9-12-13-14-24(11-3)31-27-20-22(17-19-28(4,5)18-10-2)26(30-8)21-25(27)29(6,7)23-15-16-23/h17,19-21,23-24H,9-16,18H2,1-8H3/b19-17+. The molecule has 1 atom stereocenters. The Kier molecular flexibility index (Phi) is 9.52. The predicted octanol–water partition coefficient (Wildman–Crippen LogP) is 8.96. The van der Waals surface area contributed by atoms with Crippen molar-refractivity contribution in [1.29, 1.82) is 0 Å². The number of rotatable bonds is 14. The number of hydrogen-bond acceptors (Lipinski definition) is 2. The fraction of sp³-hybridized carbons (Fsp3) is 0.724.